The molecule has 3 unspecified atom stereocenters. The number of nitrogens with zero attached hydrogens (tertiary/aromatic N) is 1. The van der Waals surface area contributed by atoms with Gasteiger partial charge in [0.1, 0.15) is 0 Å². The Hall–Kier alpha value is -0.0800. The Morgan fingerprint density at radius 2 is 2.12 bits per heavy atom. The topological polar surface area (TPSA) is 15.3 Å². The highest BCUT2D eigenvalue weighted by Gasteiger charge is 2.38. The number of fused-ring (bicyclic) bond motifs is 1. The highest BCUT2D eigenvalue weighted by Crippen LogP contribution is 2.37. The van der Waals surface area contributed by atoms with Crippen molar-refractivity contribution >= 4 is 0 Å². The predicted molar refractivity (Wildman–Crippen MR) is 69.6 cm³/mol. The standard InChI is InChI=1S/C14H28N2/c1-3-5-9-16(4-2)11-14-13-8-6-7-12(13)10-15-14/h12-15H,3-11H2,1-2H3. The molecule has 3 atom stereocenters. The van der Waals surface area contributed by atoms with E-state index in [1.54, 1.807) is 0 Å². The molecule has 2 aliphatic rings. The molecule has 2 heteroatoms. The summed E-state index contributed by atoms with van der Waals surface area (Å²) >= 11 is 0. The van der Waals surface area contributed by atoms with Crippen molar-refractivity contribution in [3.63, 3.8) is 0 Å². The molecule has 1 N–H and O–H groups in total. The molecule has 0 aromatic heterocycles. The first-order valence-corrected chi connectivity index (χ1v) is 7.30. The fourth-order valence-corrected chi connectivity index (χ4v) is 3.54. The number of likely N-dealkylation sites (N-methyl/N-ethyl adjacent to an activating group) is 1. The second-order valence-corrected chi connectivity index (χ2v) is 5.62. The van der Waals surface area contributed by atoms with E-state index in [-0.39, 0.29) is 0 Å². The molecule has 0 bridgehead atoms. The average Bonchev–Trinajstić information content (AvgIpc) is 2.88. The summed E-state index contributed by atoms with van der Waals surface area (Å²) in [4.78, 5) is 2.64. The Morgan fingerprint density at radius 3 is 2.88 bits per heavy atom. The lowest BCUT2D eigenvalue weighted by Gasteiger charge is -2.27. The maximum atomic E-state index is 3.76. The van der Waals surface area contributed by atoms with Crippen LogP contribution in [0.2, 0.25) is 0 Å². The van der Waals surface area contributed by atoms with Gasteiger partial charge in [0.25, 0.3) is 0 Å². The van der Waals surface area contributed by atoms with Gasteiger partial charge in [0.05, 0.1) is 0 Å². The first kappa shape index (κ1) is 12.4. The van der Waals surface area contributed by atoms with Gasteiger partial charge < -0.3 is 10.2 Å². The van der Waals surface area contributed by atoms with Crippen molar-refractivity contribution in [2.24, 2.45) is 11.8 Å². The van der Waals surface area contributed by atoms with Gasteiger partial charge in [-0.15, -0.1) is 0 Å². The molecule has 2 fully saturated rings. The van der Waals surface area contributed by atoms with Crippen molar-refractivity contribution in [2.45, 2.75) is 52.0 Å². The second-order valence-electron chi connectivity index (χ2n) is 5.62. The van der Waals surface area contributed by atoms with Crippen LogP contribution in [0.25, 0.3) is 0 Å². The van der Waals surface area contributed by atoms with Gasteiger partial charge in [-0.25, -0.2) is 0 Å². The van der Waals surface area contributed by atoms with Crippen molar-refractivity contribution in [3.05, 3.63) is 0 Å². The highest BCUT2D eigenvalue weighted by atomic mass is 15.2. The van der Waals surface area contributed by atoms with Crippen molar-refractivity contribution in [3.8, 4) is 0 Å². The van der Waals surface area contributed by atoms with Gasteiger partial charge in [0, 0.05) is 12.6 Å². The van der Waals surface area contributed by atoms with Crippen LogP contribution in [0, 0.1) is 11.8 Å². The first-order valence-electron chi connectivity index (χ1n) is 7.30. The fraction of sp³-hybridized carbons (Fsp3) is 1.00. The van der Waals surface area contributed by atoms with Gasteiger partial charge in [-0.05, 0) is 50.7 Å². The summed E-state index contributed by atoms with van der Waals surface area (Å²) in [5.41, 5.74) is 0. The molecular formula is C14H28N2. The summed E-state index contributed by atoms with van der Waals surface area (Å²) in [5, 5.41) is 3.76. The molecule has 16 heavy (non-hydrogen) atoms. The summed E-state index contributed by atoms with van der Waals surface area (Å²) in [6.45, 7) is 9.68. The molecule has 1 heterocycles. The number of unbranched alkanes of at least 4 members (excludes halogenated alkanes) is 1. The summed E-state index contributed by atoms with van der Waals surface area (Å²) < 4.78 is 0. The normalized spacial score (nSPS) is 33.6. The predicted octanol–water partition coefficient (Wildman–Crippen LogP) is 2.50. The quantitative estimate of drug-likeness (QED) is 0.746. The maximum absolute atomic E-state index is 3.76. The maximum Gasteiger partial charge on any atom is 0.0226 e. The molecule has 2 nitrogen and oxygen atoms in total. The van der Waals surface area contributed by atoms with E-state index < -0.39 is 0 Å². The van der Waals surface area contributed by atoms with Gasteiger partial charge >= 0.3 is 0 Å². The lowest BCUT2D eigenvalue weighted by molar-refractivity contribution is 0.232. The van der Waals surface area contributed by atoms with Crippen LogP contribution >= 0.6 is 0 Å². The van der Waals surface area contributed by atoms with Gasteiger partial charge in [-0.3, -0.25) is 0 Å². The van der Waals surface area contributed by atoms with Crippen LogP contribution in [-0.4, -0.2) is 37.1 Å². The fourth-order valence-electron chi connectivity index (χ4n) is 3.54. The van der Waals surface area contributed by atoms with E-state index in [1.165, 1.54) is 58.3 Å². The lowest BCUT2D eigenvalue weighted by atomic mass is 9.94. The van der Waals surface area contributed by atoms with Crippen LogP contribution in [0.4, 0.5) is 0 Å². The SMILES string of the molecule is CCCCN(CC)CC1NCC2CCCC21. The van der Waals surface area contributed by atoms with E-state index in [0.29, 0.717) is 0 Å². The third-order valence-corrected chi connectivity index (χ3v) is 4.61. The van der Waals surface area contributed by atoms with E-state index in [0.717, 1.165) is 17.9 Å². The summed E-state index contributed by atoms with van der Waals surface area (Å²) in [7, 11) is 0. The minimum absolute atomic E-state index is 0.796. The smallest absolute Gasteiger partial charge is 0.0226 e. The lowest BCUT2D eigenvalue weighted by Crippen LogP contribution is -2.41. The molecule has 0 aromatic rings. The molecule has 0 spiro atoms. The molecule has 1 saturated heterocycles. The van der Waals surface area contributed by atoms with Gasteiger partial charge in [0.15, 0.2) is 0 Å². The second kappa shape index (κ2) is 6.02. The molecule has 0 radical (unpaired) electrons. The Kier molecular flexibility index (Phi) is 4.66. The Morgan fingerprint density at radius 1 is 1.25 bits per heavy atom. The Balaban J connectivity index is 1.78. The summed E-state index contributed by atoms with van der Waals surface area (Å²) in [6, 6.07) is 0.796. The van der Waals surface area contributed by atoms with Crippen molar-refractivity contribution < 1.29 is 0 Å². The monoisotopic (exact) mass is 224 g/mol. The molecule has 1 saturated carbocycles. The third-order valence-electron chi connectivity index (χ3n) is 4.61. The molecule has 94 valence electrons. The minimum atomic E-state index is 0.796. The van der Waals surface area contributed by atoms with Gasteiger partial charge in [-0.1, -0.05) is 26.7 Å². The Labute approximate surface area is 101 Å². The molecule has 1 aliphatic carbocycles. The van der Waals surface area contributed by atoms with Crippen molar-refractivity contribution in [1.82, 2.24) is 10.2 Å². The summed E-state index contributed by atoms with van der Waals surface area (Å²) in [6.07, 6.45) is 7.12. The zero-order chi connectivity index (χ0) is 11.4. The van der Waals surface area contributed by atoms with Crippen molar-refractivity contribution in [1.29, 1.82) is 0 Å². The number of hydrogen-bond donors (Lipinski definition) is 1. The van der Waals surface area contributed by atoms with Crippen molar-refractivity contribution in [2.75, 3.05) is 26.2 Å². The van der Waals surface area contributed by atoms with Crippen LogP contribution in [0.5, 0.6) is 0 Å². The molecule has 2 rings (SSSR count). The Bertz CT molecular complexity index is 205. The number of nitrogens with one attached hydrogen (secondary N) is 1. The van der Waals surface area contributed by atoms with Crippen LogP contribution in [-0.2, 0) is 0 Å². The minimum Gasteiger partial charge on any atom is -0.312 e. The zero-order valence-corrected chi connectivity index (χ0v) is 11.0. The van der Waals surface area contributed by atoms with E-state index in [9.17, 15) is 0 Å². The van der Waals surface area contributed by atoms with Crippen LogP contribution in [0.15, 0.2) is 0 Å². The third kappa shape index (κ3) is 2.78. The van der Waals surface area contributed by atoms with Crippen LogP contribution < -0.4 is 5.32 Å². The van der Waals surface area contributed by atoms with E-state index in [1.807, 2.05) is 0 Å². The largest absolute Gasteiger partial charge is 0.312 e. The zero-order valence-electron chi connectivity index (χ0n) is 11.0. The number of rotatable bonds is 6. The average molecular weight is 224 g/mol. The van der Waals surface area contributed by atoms with Gasteiger partial charge in [-0.2, -0.15) is 0 Å². The van der Waals surface area contributed by atoms with E-state index >= 15 is 0 Å². The molecule has 0 aromatic carbocycles. The van der Waals surface area contributed by atoms with E-state index in [2.05, 4.69) is 24.1 Å². The highest BCUT2D eigenvalue weighted by molar-refractivity contribution is 4.95. The first-order chi connectivity index (χ1) is 7.85. The molecule has 0 amide bonds. The molecular weight excluding hydrogens is 196 g/mol. The molecule has 1 aliphatic heterocycles. The number of hydrogen-bond acceptors (Lipinski definition) is 2. The van der Waals surface area contributed by atoms with Crippen LogP contribution in [0.3, 0.4) is 0 Å². The summed E-state index contributed by atoms with van der Waals surface area (Å²) in [5.74, 6) is 2.01. The van der Waals surface area contributed by atoms with Crippen LogP contribution in [0.1, 0.15) is 46.0 Å². The van der Waals surface area contributed by atoms with Gasteiger partial charge in [0.2, 0.25) is 0 Å². The van der Waals surface area contributed by atoms with E-state index in [4.69, 9.17) is 0 Å².